The molecule has 2 heteroatoms. The van der Waals surface area contributed by atoms with Gasteiger partial charge in [0, 0.05) is 33.3 Å². The Kier molecular flexibility index (Phi) is 4.68. The molecule has 7 aromatic rings. The molecule has 0 aliphatic heterocycles. The number of benzene rings is 5. The van der Waals surface area contributed by atoms with Crippen molar-refractivity contribution in [1.82, 2.24) is 4.57 Å². The van der Waals surface area contributed by atoms with Crippen LogP contribution < -0.4 is 0 Å². The molecule has 1 aliphatic rings. The average molecular weight is 488 g/mol. The molecule has 2 aromatic heterocycles. The molecule has 0 unspecified atom stereocenters. The highest BCUT2D eigenvalue weighted by Gasteiger charge is 2.29. The van der Waals surface area contributed by atoms with Crippen molar-refractivity contribution in [2.45, 2.75) is 12.8 Å². The summed E-state index contributed by atoms with van der Waals surface area (Å²) in [5.74, 6) is 1.03. The molecule has 0 atom stereocenters. The van der Waals surface area contributed by atoms with Crippen LogP contribution in [0.2, 0.25) is 0 Å². The van der Waals surface area contributed by atoms with Crippen LogP contribution in [0.25, 0.3) is 61.1 Å². The van der Waals surface area contributed by atoms with E-state index < -0.39 is 0 Å². The normalized spacial score (nSPS) is 12.5. The first-order valence-electron chi connectivity index (χ1n) is 13.2. The lowest BCUT2D eigenvalue weighted by Crippen LogP contribution is -2.07. The van der Waals surface area contributed by atoms with Crippen molar-refractivity contribution in [3.05, 3.63) is 139 Å². The maximum absolute atomic E-state index is 6.55. The number of fused-ring (bicyclic) bond motifs is 7. The first kappa shape index (κ1) is 21.3. The minimum Gasteiger partial charge on any atom is -0.456 e. The van der Waals surface area contributed by atoms with Crippen LogP contribution in [0.5, 0.6) is 0 Å². The van der Waals surface area contributed by atoms with E-state index in [1.165, 1.54) is 61.1 Å². The SMILES string of the molecule is c1ccc(-c2cc(-c3ccccc3)cc(-n3c4c(c5ccccc53)-c3oc5ccccc5c3CC4)c2)cc1. The molecular weight excluding hydrogens is 462 g/mol. The standard InChI is InChI=1S/C36H25NO/c1-3-11-24(12-4-1)26-21-27(25-13-5-2-6-14-25)23-28(22-26)37-32-17-9-7-16-31(32)35-33(37)20-19-30-29-15-8-10-18-34(29)38-36(30)35/h1-18,21-23H,19-20H2. The van der Waals surface area contributed by atoms with Crippen molar-refractivity contribution in [3.8, 4) is 39.3 Å². The van der Waals surface area contributed by atoms with E-state index in [1.807, 2.05) is 0 Å². The number of nitrogens with zero attached hydrogens (tertiary/aromatic N) is 1. The molecule has 0 bridgehead atoms. The summed E-state index contributed by atoms with van der Waals surface area (Å²) in [4.78, 5) is 0. The Morgan fingerprint density at radius 2 is 1.13 bits per heavy atom. The van der Waals surface area contributed by atoms with Crippen LogP contribution in [-0.2, 0) is 12.8 Å². The van der Waals surface area contributed by atoms with Crippen molar-refractivity contribution < 1.29 is 4.42 Å². The maximum atomic E-state index is 6.55. The predicted molar refractivity (Wildman–Crippen MR) is 157 cm³/mol. The number of rotatable bonds is 3. The second-order valence-corrected chi connectivity index (χ2v) is 10.1. The van der Waals surface area contributed by atoms with Gasteiger partial charge in [0.25, 0.3) is 0 Å². The number of aryl methyl sites for hydroxylation is 1. The Labute approximate surface area is 221 Å². The second-order valence-electron chi connectivity index (χ2n) is 10.1. The van der Waals surface area contributed by atoms with Crippen molar-refractivity contribution >= 4 is 21.9 Å². The molecule has 8 rings (SSSR count). The van der Waals surface area contributed by atoms with Gasteiger partial charge in [-0.15, -0.1) is 0 Å². The van der Waals surface area contributed by atoms with Crippen molar-refractivity contribution in [2.24, 2.45) is 0 Å². The zero-order chi connectivity index (χ0) is 25.1. The number of para-hydroxylation sites is 2. The first-order valence-corrected chi connectivity index (χ1v) is 13.2. The van der Waals surface area contributed by atoms with Crippen LogP contribution in [0.15, 0.2) is 132 Å². The molecular formula is C36H25NO. The second kappa shape index (κ2) is 8.36. The van der Waals surface area contributed by atoms with Gasteiger partial charge in [0.1, 0.15) is 11.3 Å². The van der Waals surface area contributed by atoms with Crippen molar-refractivity contribution in [1.29, 1.82) is 0 Å². The summed E-state index contributed by atoms with van der Waals surface area (Å²) in [6.07, 6.45) is 1.94. The smallest absolute Gasteiger partial charge is 0.141 e. The molecule has 0 saturated carbocycles. The van der Waals surface area contributed by atoms with Gasteiger partial charge in [0.05, 0.1) is 5.52 Å². The summed E-state index contributed by atoms with van der Waals surface area (Å²) in [6.45, 7) is 0. The molecule has 180 valence electrons. The Hall–Kier alpha value is -4.82. The molecule has 38 heavy (non-hydrogen) atoms. The van der Waals surface area contributed by atoms with Gasteiger partial charge in [0.2, 0.25) is 0 Å². The molecule has 0 amide bonds. The topological polar surface area (TPSA) is 18.1 Å². The molecule has 0 spiro atoms. The predicted octanol–water partition coefficient (Wildman–Crippen LogP) is 9.48. The van der Waals surface area contributed by atoms with Crippen LogP contribution in [-0.4, -0.2) is 4.57 Å². The third kappa shape index (κ3) is 3.20. The third-order valence-corrected chi connectivity index (χ3v) is 7.90. The fourth-order valence-corrected chi connectivity index (χ4v) is 6.20. The molecule has 0 N–H and O–H groups in total. The number of aromatic nitrogens is 1. The van der Waals surface area contributed by atoms with Gasteiger partial charge in [-0.25, -0.2) is 0 Å². The lowest BCUT2D eigenvalue weighted by Gasteiger charge is -2.18. The first-order chi connectivity index (χ1) is 18.8. The summed E-state index contributed by atoms with van der Waals surface area (Å²) in [5, 5.41) is 2.48. The van der Waals surface area contributed by atoms with Gasteiger partial charge >= 0.3 is 0 Å². The quantitative estimate of drug-likeness (QED) is 0.243. The van der Waals surface area contributed by atoms with Crippen LogP contribution in [0, 0.1) is 0 Å². The molecule has 2 heterocycles. The van der Waals surface area contributed by atoms with Crippen LogP contribution in [0.3, 0.4) is 0 Å². The largest absolute Gasteiger partial charge is 0.456 e. The van der Waals surface area contributed by atoms with Crippen molar-refractivity contribution in [2.75, 3.05) is 0 Å². The van der Waals surface area contributed by atoms with Crippen LogP contribution in [0.4, 0.5) is 0 Å². The maximum Gasteiger partial charge on any atom is 0.141 e. The van der Waals surface area contributed by atoms with E-state index in [0.717, 1.165) is 24.2 Å². The minimum atomic E-state index is 0.969. The molecule has 0 radical (unpaired) electrons. The van der Waals surface area contributed by atoms with Gasteiger partial charge < -0.3 is 8.98 Å². The summed E-state index contributed by atoms with van der Waals surface area (Å²) in [5.41, 5.74) is 12.1. The van der Waals surface area contributed by atoms with Crippen LogP contribution >= 0.6 is 0 Å². The van der Waals surface area contributed by atoms with Gasteiger partial charge in [-0.1, -0.05) is 97.1 Å². The average Bonchev–Trinajstić information content (AvgIpc) is 3.53. The fourth-order valence-electron chi connectivity index (χ4n) is 6.20. The Morgan fingerprint density at radius 3 is 1.84 bits per heavy atom. The summed E-state index contributed by atoms with van der Waals surface area (Å²) in [6, 6.07) is 45.6. The summed E-state index contributed by atoms with van der Waals surface area (Å²) < 4.78 is 9.02. The monoisotopic (exact) mass is 487 g/mol. The molecule has 2 nitrogen and oxygen atoms in total. The van der Waals surface area contributed by atoms with Crippen LogP contribution in [0.1, 0.15) is 11.3 Å². The Morgan fingerprint density at radius 1 is 0.526 bits per heavy atom. The van der Waals surface area contributed by atoms with E-state index in [1.54, 1.807) is 0 Å². The molecule has 0 saturated heterocycles. The van der Waals surface area contributed by atoms with E-state index in [4.69, 9.17) is 4.42 Å². The van der Waals surface area contributed by atoms with Gasteiger partial charge in [-0.3, -0.25) is 0 Å². The zero-order valence-electron chi connectivity index (χ0n) is 20.9. The number of furan rings is 1. The Bertz CT molecular complexity index is 1900. The summed E-state index contributed by atoms with van der Waals surface area (Å²) >= 11 is 0. The van der Waals surface area contributed by atoms with Crippen molar-refractivity contribution in [3.63, 3.8) is 0 Å². The lowest BCUT2D eigenvalue weighted by molar-refractivity contribution is 0.620. The number of hydrogen-bond acceptors (Lipinski definition) is 1. The summed E-state index contributed by atoms with van der Waals surface area (Å²) in [7, 11) is 0. The van der Waals surface area contributed by atoms with E-state index >= 15 is 0 Å². The lowest BCUT2D eigenvalue weighted by atomic mass is 9.92. The zero-order valence-corrected chi connectivity index (χ0v) is 20.9. The van der Waals surface area contributed by atoms with E-state index in [2.05, 4.69) is 132 Å². The van der Waals surface area contributed by atoms with E-state index in [0.29, 0.717) is 0 Å². The number of hydrogen-bond donors (Lipinski definition) is 0. The third-order valence-electron chi connectivity index (χ3n) is 7.90. The van der Waals surface area contributed by atoms with E-state index in [-0.39, 0.29) is 0 Å². The van der Waals surface area contributed by atoms with Gasteiger partial charge in [-0.2, -0.15) is 0 Å². The Balaban J connectivity index is 1.43. The minimum absolute atomic E-state index is 0.969. The molecule has 0 fully saturated rings. The fraction of sp³-hybridized carbons (Fsp3) is 0.0556. The highest BCUT2D eigenvalue weighted by molar-refractivity contribution is 6.02. The highest BCUT2D eigenvalue weighted by atomic mass is 16.3. The van der Waals surface area contributed by atoms with Gasteiger partial charge in [0.15, 0.2) is 0 Å². The van der Waals surface area contributed by atoms with Gasteiger partial charge in [-0.05, 0) is 65.4 Å². The van der Waals surface area contributed by atoms with E-state index in [9.17, 15) is 0 Å². The highest BCUT2D eigenvalue weighted by Crippen LogP contribution is 2.46. The molecule has 5 aromatic carbocycles. The molecule has 1 aliphatic carbocycles.